The fourth-order valence-corrected chi connectivity index (χ4v) is 3.89. The van der Waals surface area contributed by atoms with E-state index in [-0.39, 0.29) is 16.7 Å². The van der Waals surface area contributed by atoms with Gasteiger partial charge in [-0.1, -0.05) is 12.1 Å². The summed E-state index contributed by atoms with van der Waals surface area (Å²) in [5, 5.41) is 12.7. The molecule has 0 aliphatic carbocycles. The van der Waals surface area contributed by atoms with Gasteiger partial charge in [0.15, 0.2) is 0 Å². The molecule has 9 heteroatoms. The van der Waals surface area contributed by atoms with Gasteiger partial charge in [0.05, 0.1) is 22.5 Å². The Morgan fingerprint density at radius 2 is 2.00 bits per heavy atom. The van der Waals surface area contributed by atoms with E-state index in [9.17, 15) is 14.9 Å². The van der Waals surface area contributed by atoms with Crippen molar-refractivity contribution in [2.75, 3.05) is 38.3 Å². The van der Waals surface area contributed by atoms with Crippen LogP contribution in [-0.4, -0.2) is 65.4 Å². The van der Waals surface area contributed by atoms with Gasteiger partial charge in [0.25, 0.3) is 5.69 Å². The first-order chi connectivity index (χ1) is 14.1. The van der Waals surface area contributed by atoms with Crippen LogP contribution < -0.4 is 4.90 Å². The smallest absolute Gasteiger partial charge is 0.410 e. The number of methoxy groups -OCH3 is 1. The Hall–Kier alpha value is -2.94. The highest BCUT2D eigenvalue weighted by Crippen LogP contribution is 2.35. The predicted molar refractivity (Wildman–Crippen MR) is 114 cm³/mol. The molecular weight excluding hydrogens is 388 g/mol. The summed E-state index contributed by atoms with van der Waals surface area (Å²) < 4.78 is 11.0. The minimum Gasteiger partial charge on any atom is -0.444 e. The number of fused-ring (bicyclic) bond motifs is 1. The van der Waals surface area contributed by atoms with Crippen molar-refractivity contribution in [2.24, 2.45) is 0 Å². The fraction of sp³-hybridized carbons (Fsp3) is 0.524. The number of pyridine rings is 1. The normalized spacial score (nSPS) is 19.8. The number of carbonyl (C=O) groups excluding carboxylic acids is 1. The molecule has 2 aromatic rings. The first-order valence-corrected chi connectivity index (χ1v) is 9.82. The molecule has 1 aromatic heterocycles. The van der Waals surface area contributed by atoms with Crippen LogP contribution in [0, 0.1) is 10.1 Å². The monoisotopic (exact) mass is 416 g/mol. The lowest BCUT2D eigenvalue weighted by atomic mass is 9.96. The van der Waals surface area contributed by atoms with Crippen LogP contribution in [0.25, 0.3) is 10.8 Å². The largest absolute Gasteiger partial charge is 0.444 e. The maximum atomic E-state index is 12.6. The zero-order chi connectivity index (χ0) is 22.1. The van der Waals surface area contributed by atoms with E-state index < -0.39 is 11.1 Å². The van der Waals surface area contributed by atoms with Crippen molar-refractivity contribution in [3.05, 3.63) is 40.6 Å². The SMILES string of the molecule is COCC1(C)CN(C(=O)OC(C)(C)C)CCN1c1nccc2c([N+](=O)[O-])cccc12. The maximum Gasteiger partial charge on any atom is 0.410 e. The van der Waals surface area contributed by atoms with E-state index in [0.717, 1.165) is 0 Å². The molecule has 0 bridgehead atoms. The number of nitro groups is 1. The standard InChI is InChI=1S/C21H28N4O5/c1-20(2,3)30-19(26)23-11-12-24(21(4,13-23)14-29-5)18-16-7-6-8-17(25(27)28)15(16)9-10-22-18/h6-10H,11-14H2,1-5H3. The van der Waals surface area contributed by atoms with Crippen molar-refractivity contribution in [2.45, 2.75) is 38.8 Å². The number of rotatable bonds is 4. The molecule has 1 atom stereocenters. The number of nitrogens with zero attached hydrogens (tertiary/aromatic N) is 4. The van der Waals surface area contributed by atoms with Crippen LogP contribution in [0.2, 0.25) is 0 Å². The highest BCUT2D eigenvalue weighted by atomic mass is 16.6. The van der Waals surface area contributed by atoms with E-state index in [1.165, 1.54) is 6.07 Å². The topological polar surface area (TPSA) is 98.0 Å². The number of non-ortho nitro benzene ring substituents is 1. The number of benzene rings is 1. The molecule has 1 saturated heterocycles. The minimum atomic E-state index is -0.587. The molecular formula is C21H28N4O5. The molecule has 1 unspecified atom stereocenters. The van der Waals surface area contributed by atoms with E-state index in [4.69, 9.17) is 9.47 Å². The number of aromatic nitrogens is 1. The Bertz CT molecular complexity index is 958. The molecule has 1 aromatic carbocycles. The summed E-state index contributed by atoms with van der Waals surface area (Å²) in [6, 6.07) is 6.64. The number of hydrogen-bond donors (Lipinski definition) is 0. The molecule has 0 spiro atoms. The second kappa shape index (κ2) is 8.06. The Balaban J connectivity index is 1.99. The number of amides is 1. The van der Waals surface area contributed by atoms with Gasteiger partial charge in [-0.05, 0) is 33.8 Å². The lowest BCUT2D eigenvalue weighted by Crippen LogP contribution is -2.64. The second-order valence-corrected chi connectivity index (χ2v) is 8.75. The summed E-state index contributed by atoms with van der Waals surface area (Å²) >= 11 is 0. The zero-order valence-electron chi connectivity index (χ0n) is 18.0. The highest BCUT2D eigenvalue weighted by molar-refractivity contribution is 5.98. The molecule has 0 radical (unpaired) electrons. The van der Waals surface area contributed by atoms with Gasteiger partial charge in [-0.25, -0.2) is 9.78 Å². The van der Waals surface area contributed by atoms with Crippen molar-refractivity contribution in [1.29, 1.82) is 0 Å². The van der Waals surface area contributed by atoms with Crippen LogP contribution in [-0.2, 0) is 9.47 Å². The van der Waals surface area contributed by atoms with Gasteiger partial charge in [0.2, 0.25) is 0 Å². The zero-order valence-corrected chi connectivity index (χ0v) is 18.0. The predicted octanol–water partition coefficient (Wildman–Crippen LogP) is 3.61. The molecule has 1 aliphatic heterocycles. The number of nitro benzene ring substituents is 1. The van der Waals surface area contributed by atoms with E-state index in [1.54, 1.807) is 30.3 Å². The summed E-state index contributed by atoms with van der Waals surface area (Å²) in [5.74, 6) is 0.639. The van der Waals surface area contributed by atoms with Gasteiger partial charge in [0, 0.05) is 44.4 Å². The van der Waals surface area contributed by atoms with Crippen molar-refractivity contribution in [3.8, 4) is 0 Å². The number of carbonyl (C=O) groups is 1. The van der Waals surface area contributed by atoms with E-state index in [0.29, 0.717) is 42.8 Å². The summed E-state index contributed by atoms with van der Waals surface area (Å²) in [4.78, 5) is 32.0. The maximum absolute atomic E-state index is 12.6. The van der Waals surface area contributed by atoms with Gasteiger partial charge in [-0.3, -0.25) is 10.1 Å². The third-order valence-corrected chi connectivity index (χ3v) is 5.10. The minimum absolute atomic E-state index is 0.0389. The van der Waals surface area contributed by atoms with Gasteiger partial charge < -0.3 is 19.3 Å². The first-order valence-electron chi connectivity index (χ1n) is 9.82. The van der Waals surface area contributed by atoms with Crippen LogP contribution in [0.1, 0.15) is 27.7 Å². The van der Waals surface area contributed by atoms with E-state index in [2.05, 4.69) is 9.88 Å². The van der Waals surface area contributed by atoms with Gasteiger partial charge >= 0.3 is 6.09 Å². The fourth-order valence-electron chi connectivity index (χ4n) is 3.89. The quantitative estimate of drug-likeness (QED) is 0.555. The Kier molecular flexibility index (Phi) is 5.85. The molecule has 1 amide bonds. The number of anilines is 1. The lowest BCUT2D eigenvalue weighted by Gasteiger charge is -2.49. The van der Waals surface area contributed by atoms with Gasteiger partial charge in [0.1, 0.15) is 11.4 Å². The summed E-state index contributed by atoms with van der Waals surface area (Å²) in [6.07, 6.45) is 1.21. The van der Waals surface area contributed by atoms with Crippen LogP contribution in [0.15, 0.2) is 30.5 Å². The Morgan fingerprint density at radius 1 is 1.27 bits per heavy atom. The van der Waals surface area contributed by atoms with Crippen molar-refractivity contribution in [3.63, 3.8) is 0 Å². The number of ether oxygens (including phenoxy) is 2. The second-order valence-electron chi connectivity index (χ2n) is 8.75. The summed E-state index contributed by atoms with van der Waals surface area (Å²) in [5.41, 5.74) is -1.13. The molecule has 1 aliphatic rings. The molecule has 162 valence electrons. The van der Waals surface area contributed by atoms with Gasteiger partial charge in [-0.2, -0.15) is 0 Å². The summed E-state index contributed by atoms with van der Waals surface area (Å²) in [7, 11) is 1.61. The van der Waals surface area contributed by atoms with Crippen LogP contribution in [0.5, 0.6) is 0 Å². The van der Waals surface area contributed by atoms with E-state index in [1.807, 2.05) is 33.8 Å². The average molecular weight is 416 g/mol. The molecule has 9 nitrogen and oxygen atoms in total. The first kappa shape index (κ1) is 21.8. The van der Waals surface area contributed by atoms with Crippen molar-refractivity contribution < 1.29 is 19.2 Å². The number of piperazine rings is 1. The third-order valence-electron chi connectivity index (χ3n) is 5.10. The molecule has 0 N–H and O–H groups in total. The molecule has 30 heavy (non-hydrogen) atoms. The Morgan fingerprint density at radius 3 is 2.63 bits per heavy atom. The lowest BCUT2D eigenvalue weighted by molar-refractivity contribution is -0.383. The number of hydrogen-bond acceptors (Lipinski definition) is 7. The molecule has 3 rings (SSSR count). The summed E-state index contributed by atoms with van der Waals surface area (Å²) in [6.45, 7) is 9.16. The Labute approximate surface area is 175 Å². The van der Waals surface area contributed by atoms with Crippen LogP contribution in [0.4, 0.5) is 16.3 Å². The van der Waals surface area contributed by atoms with Crippen LogP contribution >= 0.6 is 0 Å². The average Bonchev–Trinajstić information content (AvgIpc) is 2.65. The van der Waals surface area contributed by atoms with Crippen molar-refractivity contribution in [1.82, 2.24) is 9.88 Å². The molecule has 2 heterocycles. The van der Waals surface area contributed by atoms with Crippen molar-refractivity contribution >= 4 is 28.4 Å². The van der Waals surface area contributed by atoms with Gasteiger partial charge in [-0.15, -0.1) is 0 Å². The molecule has 0 saturated carbocycles. The van der Waals surface area contributed by atoms with E-state index >= 15 is 0 Å². The third kappa shape index (κ3) is 4.30. The van der Waals surface area contributed by atoms with Crippen LogP contribution in [0.3, 0.4) is 0 Å². The molecule has 1 fully saturated rings. The highest BCUT2D eigenvalue weighted by Gasteiger charge is 2.42.